The maximum absolute atomic E-state index is 12.1. The molecule has 1 aliphatic rings. The van der Waals surface area contributed by atoms with E-state index in [9.17, 15) is 9.59 Å². The standard InChI is InChI=1S/C18H26N2O3/c1-3-12-23-17-8-6-15(13-16(17)19(2)14-21)7-9-18(22)20-10-4-5-11-20/h6,8,13-14H,3-5,7,9-12H2,1-2H3. The number of likely N-dealkylation sites (tertiary alicyclic amines) is 1. The highest BCUT2D eigenvalue weighted by molar-refractivity contribution is 5.79. The van der Waals surface area contributed by atoms with Crippen molar-refractivity contribution in [1.82, 2.24) is 4.90 Å². The second kappa shape index (κ2) is 8.56. The summed E-state index contributed by atoms with van der Waals surface area (Å²) in [5.41, 5.74) is 1.80. The van der Waals surface area contributed by atoms with Crippen molar-refractivity contribution >= 4 is 18.0 Å². The molecule has 0 aliphatic carbocycles. The minimum atomic E-state index is 0.221. The first-order valence-electron chi connectivity index (χ1n) is 8.37. The molecule has 0 radical (unpaired) electrons. The molecule has 5 nitrogen and oxygen atoms in total. The van der Waals surface area contributed by atoms with E-state index >= 15 is 0 Å². The Balaban J connectivity index is 2.03. The van der Waals surface area contributed by atoms with Crippen LogP contribution in [0.5, 0.6) is 5.75 Å². The summed E-state index contributed by atoms with van der Waals surface area (Å²) < 4.78 is 5.70. The minimum Gasteiger partial charge on any atom is -0.491 e. The molecule has 0 spiro atoms. The molecule has 1 aliphatic heterocycles. The van der Waals surface area contributed by atoms with Crippen LogP contribution in [-0.2, 0) is 16.0 Å². The van der Waals surface area contributed by atoms with Crippen LogP contribution in [0.2, 0.25) is 0 Å². The average molecular weight is 318 g/mol. The van der Waals surface area contributed by atoms with Gasteiger partial charge in [0.05, 0.1) is 12.3 Å². The number of rotatable bonds is 8. The molecule has 0 atom stereocenters. The monoisotopic (exact) mass is 318 g/mol. The first kappa shape index (κ1) is 17.3. The molecule has 1 aromatic carbocycles. The summed E-state index contributed by atoms with van der Waals surface area (Å²) in [5.74, 6) is 0.926. The number of ether oxygens (including phenoxy) is 1. The van der Waals surface area contributed by atoms with E-state index in [1.54, 1.807) is 7.05 Å². The van der Waals surface area contributed by atoms with E-state index < -0.39 is 0 Å². The number of amides is 2. The molecule has 2 amide bonds. The maximum atomic E-state index is 12.1. The van der Waals surface area contributed by atoms with Crippen molar-refractivity contribution in [3.05, 3.63) is 23.8 Å². The molecular weight excluding hydrogens is 292 g/mol. The van der Waals surface area contributed by atoms with Gasteiger partial charge in [-0.25, -0.2) is 0 Å². The lowest BCUT2D eigenvalue weighted by atomic mass is 10.1. The summed E-state index contributed by atoms with van der Waals surface area (Å²) in [5, 5.41) is 0. The van der Waals surface area contributed by atoms with Gasteiger partial charge in [-0.05, 0) is 43.4 Å². The van der Waals surface area contributed by atoms with Gasteiger partial charge >= 0.3 is 0 Å². The van der Waals surface area contributed by atoms with Gasteiger partial charge in [0.25, 0.3) is 0 Å². The molecule has 2 rings (SSSR count). The number of hydrogen-bond acceptors (Lipinski definition) is 3. The fraction of sp³-hybridized carbons (Fsp3) is 0.556. The SMILES string of the molecule is CCCOc1ccc(CCC(=O)N2CCCC2)cc1N(C)C=O. The largest absolute Gasteiger partial charge is 0.491 e. The highest BCUT2D eigenvalue weighted by atomic mass is 16.5. The lowest BCUT2D eigenvalue weighted by molar-refractivity contribution is -0.130. The smallest absolute Gasteiger partial charge is 0.222 e. The zero-order valence-corrected chi connectivity index (χ0v) is 14.1. The predicted octanol–water partition coefficient (Wildman–Crippen LogP) is 2.62. The van der Waals surface area contributed by atoms with Crippen LogP contribution >= 0.6 is 0 Å². The van der Waals surface area contributed by atoms with Crippen LogP contribution < -0.4 is 9.64 Å². The van der Waals surface area contributed by atoms with Gasteiger partial charge in [-0.2, -0.15) is 0 Å². The summed E-state index contributed by atoms with van der Waals surface area (Å²) in [4.78, 5) is 26.7. The van der Waals surface area contributed by atoms with E-state index in [1.165, 1.54) is 4.90 Å². The van der Waals surface area contributed by atoms with E-state index in [0.717, 1.165) is 50.0 Å². The van der Waals surface area contributed by atoms with Gasteiger partial charge in [-0.3, -0.25) is 9.59 Å². The van der Waals surface area contributed by atoms with Crippen molar-refractivity contribution < 1.29 is 14.3 Å². The van der Waals surface area contributed by atoms with Crippen molar-refractivity contribution in [3.63, 3.8) is 0 Å². The Morgan fingerprint density at radius 3 is 2.74 bits per heavy atom. The molecule has 1 aromatic rings. The third-order valence-corrected chi connectivity index (χ3v) is 4.11. The third-order valence-electron chi connectivity index (χ3n) is 4.11. The number of hydrogen-bond donors (Lipinski definition) is 0. The van der Waals surface area contributed by atoms with Crippen molar-refractivity contribution in [2.45, 2.75) is 39.0 Å². The summed E-state index contributed by atoms with van der Waals surface area (Å²) in [7, 11) is 1.71. The Hall–Kier alpha value is -2.04. The van der Waals surface area contributed by atoms with Crippen LogP contribution in [0.1, 0.15) is 38.2 Å². The van der Waals surface area contributed by atoms with E-state index in [4.69, 9.17) is 4.74 Å². The lowest BCUT2D eigenvalue weighted by Gasteiger charge is -2.18. The Morgan fingerprint density at radius 1 is 1.35 bits per heavy atom. The Kier molecular flexibility index (Phi) is 6.44. The van der Waals surface area contributed by atoms with E-state index in [0.29, 0.717) is 25.2 Å². The van der Waals surface area contributed by atoms with Crippen LogP contribution in [0.4, 0.5) is 5.69 Å². The van der Waals surface area contributed by atoms with Gasteiger partial charge in [0.2, 0.25) is 12.3 Å². The Bertz CT molecular complexity index is 539. The van der Waals surface area contributed by atoms with E-state index in [1.807, 2.05) is 30.0 Å². The summed E-state index contributed by atoms with van der Waals surface area (Å²) in [6.45, 7) is 4.44. The van der Waals surface area contributed by atoms with Crippen molar-refractivity contribution in [2.24, 2.45) is 0 Å². The fourth-order valence-electron chi connectivity index (χ4n) is 2.76. The molecule has 23 heavy (non-hydrogen) atoms. The normalized spacial score (nSPS) is 13.9. The van der Waals surface area contributed by atoms with E-state index in [2.05, 4.69) is 0 Å². The molecule has 0 N–H and O–H groups in total. The van der Waals surface area contributed by atoms with Gasteiger partial charge < -0.3 is 14.5 Å². The quantitative estimate of drug-likeness (QED) is 0.692. The van der Waals surface area contributed by atoms with Crippen molar-refractivity contribution in [3.8, 4) is 5.75 Å². The summed E-state index contributed by atoms with van der Waals surface area (Å²) >= 11 is 0. The molecule has 1 fully saturated rings. The molecule has 0 unspecified atom stereocenters. The van der Waals surface area contributed by atoms with Gasteiger partial charge in [0, 0.05) is 26.6 Å². The molecule has 126 valence electrons. The van der Waals surface area contributed by atoms with Crippen LogP contribution in [0.3, 0.4) is 0 Å². The van der Waals surface area contributed by atoms with Gasteiger partial charge in [0.1, 0.15) is 5.75 Å². The van der Waals surface area contributed by atoms with Crippen molar-refractivity contribution in [1.29, 1.82) is 0 Å². The Labute approximate surface area is 138 Å². The number of carbonyl (C=O) groups excluding carboxylic acids is 2. The Morgan fingerprint density at radius 2 is 2.09 bits per heavy atom. The highest BCUT2D eigenvalue weighted by Crippen LogP contribution is 2.29. The molecule has 0 saturated carbocycles. The van der Waals surface area contributed by atoms with Gasteiger partial charge in [0.15, 0.2) is 0 Å². The minimum absolute atomic E-state index is 0.221. The fourth-order valence-corrected chi connectivity index (χ4v) is 2.76. The average Bonchev–Trinajstić information content (AvgIpc) is 3.12. The molecular formula is C18H26N2O3. The van der Waals surface area contributed by atoms with Crippen LogP contribution in [0, 0.1) is 0 Å². The number of aryl methyl sites for hydroxylation is 1. The van der Waals surface area contributed by atoms with Crippen LogP contribution in [0.15, 0.2) is 18.2 Å². The van der Waals surface area contributed by atoms with Gasteiger partial charge in [-0.1, -0.05) is 13.0 Å². The molecule has 1 saturated heterocycles. The topological polar surface area (TPSA) is 49.9 Å². The maximum Gasteiger partial charge on any atom is 0.222 e. The number of carbonyl (C=O) groups is 2. The predicted molar refractivity (Wildman–Crippen MR) is 90.8 cm³/mol. The number of anilines is 1. The molecule has 1 heterocycles. The number of nitrogens with zero attached hydrogens (tertiary/aromatic N) is 2. The zero-order chi connectivity index (χ0) is 16.7. The van der Waals surface area contributed by atoms with Crippen LogP contribution in [-0.4, -0.2) is 44.0 Å². The zero-order valence-electron chi connectivity index (χ0n) is 14.1. The lowest BCUT2D eigenvalue weighted by Crippen LogP contribution is -2.27. The summed E-state index contributed by atoms with van der Waals surface area (Å²) in [6, 6.07) is 5.81. The second-order valence-corrected chi connectivity index (χ2v) is 5.95. The van der Waals surface area contributed by atoms with Crippen LogP contribution in [0.25, 0.3) is 0 Å². The number of benzene rings is 1. The molecule has 0 bridgehead atoms. The molecule has 0 aromatic heterocycles. The second-order valence-electron chi connectivity index (χ2n) is 5.95. The first-order chi connectivity index (χ1) is 11.2. The highest BCUT2D eigenvalue weighted by Gasteiger charge is 2.18. The summed E-state index contributed by atoms with van der Waals surface area (Å²) in [6.07, 6.45) is 5.11. The third kappa shape index (κ3) is 4.71. The van der Waals surface area contributed by atoms with Gasteiger partial charge in [-0.15, -0.1) is 0 Å². The molecule has 5 heteroatoms. The van der Waals surface area contributed by atoms with E-state index in [-0.39, 0.29) is 5.91 Å². The van der Waals surface area contributed by atoms with Crippen molar-refractivity contribution in [2.75, 3.05) is 31.6 Å². The first-order valence-corrected chi connectivity index (χ1v) is 8.37.